The zero-order chi connectivity index (χ0) is 26.9. The second kappa shape index (κ2) is 17.7. The Morgan fingerprint density at radius 3 is 2.36 bits per heavy atom. The Morgan fingerprint density at radius 1 is 1.11 bits per heavy atom. The number of nitrogens with one attached hydrogen (secondary N) is 1. The first kappa shape index (κ1) is 31.4. The number of likely N-dealkylation sites (tertiary alicyclic amines) is 1. The first-order valence-electron chi connectivity index (χ1n) is 13.5. The molecule has 1 N–H and O–H groups in total. The molecule has 2 nitrogen and oxygen atoms in total. The van der Waals surface area contributed by atoms with Crippen LogP contribution in [-0.2, 0) is 6.54 Å². The summed E-state index contributed by atoms with van der Waals surface area (Å²) in [6.45, 7) is 9.60. The van der Waals surface area contributed by atoms with Crippen LogP contribution in [-0.4, -0.2) is 24.5 Å². The normalized spacial score (nSPS) is 20.1. The molecule has 1 unspecified atom stereocenters. The van der Waals surface area contributed by atoms with E-state index in [9.17, 15) is 8.78 Å². The van der Waals surface area contributed by atoms with E-state index < -0.39 is 0 Å². The Hall–Kier alpha value is -2.64. The topological polar surface area (TPSA) is 15.3 Å². The predicted molar refractivity (Wildman–Crippen MR) is 151 cm³/mol. The highest BCUT2D eigenvalue weighted by molar-refractivity contribution is 5.38. The van der Waals surface area contributed by atoms with E-state index in [1.54, 1.807) is 13.0 Å². The van der Waals surface area contributed by atoms with Gasteiger partial charge in [0.2, 0.25) is 0 Å². The number of allylic oxidation sites excluding steroid dienone is 7. The van der Waals surface area contributed by atoms with E-state index in [0.29, 0.717) is 18.9 Å². The van der Waals surface area contributed by atoms with Gasteiger partial charge in [0, 0.05) is 31.9 Å². The second-order valence-electron chi connectivity index (χ2n) is 9.00. The van der Waals surface area contributed by atoms with Gasteiger partial charge in [0.05, 0.1) is 0 Å². The number of hydrogen-bond acceptors (Lipinski definition) is 2. The van der Waals surface area contributed by atoms with Crippen LogP contribution >= 0.6 is 0 Å². The average molecular weight is 497 g/mol. The fourth-order valence-corrected chi connectivity index (χ4v) is 4.41. The van der Waals surface area contributed by atoms with E-state index in [2.05, 4.69) is 55.3 Å². The molecule has 0 radical (unpaired) electrons. The van der Waals surface area contributed by atoms with Gasteiger partial charge in [0.25, 0.3) is 0 Å². The van der Waals surface area contributed by atoms with Crippen molar-refractivity contribution < 1.29 is 8.78 Å². The van der Waals surface area contributed by atoms with Crippen molar-refractivity contribution in [1.29, 1.82) is 0 Å². The molecule has 2 aliphatic rings. The van der Waals surface area contributed by atoms with Crippen LogP contribution in [0.4, 0.5) is 8.78 Å². The van der Waals surface area contributed by atoms with Gasteiger partial charge in [-0.15, -0.1) is 12.8 Å². The lowest BCUT2D eigenvalue weighted by atomic mass is 10.0. The number of terminal acetylenes is 1. The molecule has 0 amide bonds. The minimum Gasteiger partial charge on any atom is -0.377 e. The van der Waals surface area contributed by atoms with Crippen LogP contribution in [0.1, 0.15) is 78.2 Å². The summed E-state index contributed by atoms with van der Waals surface area (Å²) < 4.78 is 28.0. The standard InChI is InChI=1S/C28H38F2N2.C2H6.C2H2/c1-4-8-23(22-12-13-22)19-24(26(30)5-2)14-17-28-27(9-6-7-18-32(28)3)31-20-21-10-15-25(29)16-11-21;2*1-2/h5,8,10-11,15-17,19,22,27,31H,4,6-7,9,12-14,18,20H2,1-3H3;1-2H3;1-2H/b23-8-,24-19-,26-5+,28-17-;;. The van der Waals surface area contributed by atoms with Crippen molar-refractivity contribution in [3.63, 3.8) is 0 Å². The smallest absolute Gasteiger partial charge is 0.123 e. The summed E-state index contributed by atoms with van der Waals surface area (Å²) in [6.07, 6.45) is 23.5. The number of likely N-dealkylation sites (N-methyl/N-ethyl adjacent to an activating group) is 1. The molecule has 1 heterocycles. The Balaban J connectivity index is 0.00000154. The third-order valence-corrected chi connectivity index (χ3v) is 6.42. The summed E-state index contributed by atoms with van der Waals surface area (Å²) in [5.41, 5.74) is 4.35. The molecule has 1 saturated carbocycles. The molecule has 3 rings (SSSR count). The van der Waals surface area contributed by atoms with Crippen LogP contribution in [0, 0.1) is 24.6 Å². The van der Waals surface area contributed by atoms with Crippen LogP contribution in [0.2, 0.25) is 0 Å². The molecule has 0 spiro atoms. The van der Waals surface area contributed by atoms with E-state index in [4.69, 9.17) is 0 Å². The van der Waals surface area contributed by atoms with E-state index in [1.807, 2.05) is 26.0 Å². The van der Waals surface area contributed by atoms with Gasteiger partial charge >= 0.3 is 0 Å². The maximum atomic E-state index is 14.8. The third kappa shape index (κ3) is 10.5. The van der Waals surface area contributed by atoms with Crippen LogP contribution in [0.5, 0.6) is 0 Å². The summed E-state index contributed by atoms with van der Waals surface area (Å²) in [4.78, 5) is 2.31. The van der Waals surface area contributed by atoms with Crippen molar-refractivity contribution >= 4 is 0 Å². The van der Waals surface area contributed by atoms with Crippen LogP contribution in [0.25, 0.3) is 0 Å². The second-order valence-corrected chi connectivity index (χ2v) is 9.00. The highest BCUT2D eigenvalue weighted by Gasteiger charge is 2.25. The molecule has 1 saturated heterocycles. The van der Waals surface area contributed by atoms with Gasteiger partial charge in [-0.25, -0.2) is 8.78 Å². The third-order valence-electron chi connectivity index (χ3n) is 6.42. The molecular weight excluding hydrogens is 450 g/mol. The number of nitrogens with zero attached hydrogens (tertiary/aromatic N) is 1. The molecular formula is C32H46F2N2. The first-order chi connectivity index (χ1) is 17.5. The molecule has 1 aromatic carbocycles. The number of rotatable bonds is 9. The minimum atomic E-state index is -0.212. The van der Waals surface area contributed by atoms with Crippen molar-refractivity contribution in [2.75, 3.05) is 13.6 Å². The van der Waals surface area contributed by atoms with Gasteiger partial charge in [-0.05, 0) is 86.6 Å². The van der Waals surface area contributed by atoms with Crippen molar-refractivity contribution in [2.24, 2.45) is 5.92 Å². The van der Waals surface area contributed by atoms with Gasteiger partial charge in [-0.3, -0.25) is 0 Å². The molecule has 1 aliphatic carbocycles. The lowest BCUT2D eigenvalue weighted by molar-refractivity contribution is 0.385. The van der Waals surface area contributed by atoms with Crippen molar-refractivity contribution in [1.82, 2.24) is 10.2 Å². The first-order valence-corrected chi connectivity index (χ1v) is 13.5. The van der Waals surface area contributed by atoms with Crippen molar-refractivity contribution in [3.05, 3.63) is 82.6 Å². The zero-order valence-electron chi connectivity index (χ0n) is 23.0. The largest absolute Gasteiger partial charge is 0.377 e. The van der Waals surface area contributed by atoms with Gasteiger partial charge in [-0.2, -0.15) is 0 Å². The molecule has 0 bridgehead atoms. The Labute approximate surface area is 219 Å². The minimum absolute atomic E-state index is 0.128. The average Bonchev–Trinajstić information content (AvgIpc) is 3.77. The summed E-state index contributed by atoms with van der Waals surface area (Å²) in [7, 11) is 2.13. The molecule has 1 aromatic rings. The monoisotopic (exact) mass is 496 g/mol. The van der Waals surface area contributed by atoms with E-state index >= 15 is 0 Å². The van der Waals surface area contributed by atoms with E-state index in [0.717, 1.165) is 43.4 Å². The SMILES string of the molecule is C#C.CC.C\C=C(F)/C(=C\C(=C\CC)C1CC1)C/C=C1/C(NCc2ccc(F)cc2)CCCCN1C. The number of benzene rings is 1. The summed E-state index contributed by atoms with van der Waals surface area (Å²) in [5, 5.41) is 3.66. The zero-order valence-corrected chi connectivity index (χ0v) is 23.0. The van der Waals surface area contributed by atoms with Crippen LogP contribution < -0.4 is 5.32 Å². The molecule has 0 aromatic heterocycles. The Bertz CT molecular complexity index is 902. The molecule has 1 atom stereocenters. The molecule has 36 heavy (non-hydrogen) atoms. The molecule has 1 aliphatic heterocycles. The lowest BCUT2D eigenvalue weighted by Gasteiger charge is -2.27. The maximum Gasteiger partial charge on any atom is 0.123 e. The highest BCUT2D eigenvalue weighted by Crippen LogP contribution is 2.39. The van der Waals surface area contributed by atoms with Gasteiger partial charge in [-0.1, -0.05) is 57.2 Å². The number of hydrogen-bond donors (Lipinski definition) is 1. The highest BCUT2D eigenvalue weighted by atomic mass is 19.1. The maximum absolute atomic E-state index is 14.8. The van der Waals surface area contributed by atoms with Crippen LogP contribution in [0.3, 0.4) is 0 Å². The van der Waals surface area contributed by atoms with Crippen LogP contribution in [0.15, 0.2) is 71.2 Å². The Kier molecular flexibility index (Phi) is 15.5. The lowest BCUT2D eigenvalue weighted by Crippen LogP contribution is -2.35. The van der Waals surface area contributed by atoms with Gasteiger partial charge < -0.3 is 10.2 Å². The number of halogens is 2. The summed E-state index contributed by atoms with van der Waals surface area (Å²) >= 11 is 0. The van der Waals surface area contributed by atoms with Gasteiger partial charge in [0.1, 0.15) is 11.6 Å². The fraction of sp³-hybridized carbons (Fsp3) is 0.500. The Morgan fingerprint density at radius 2 is 1.78 bits per heavy atom. The van der Waals surface area contributed by atoms with E-state index in [-0.39, 0.29) is 17.7 Å². The predicted octanol–water partition coefficient (Wildman–Crippen LogP) is 8.50. The van der Waals surface area contributed by atoms with E-state index in [1.165, 1.54) is 36.2 Å². The summed E-state index contributed by atoms with van der Waals surface area (Å²) in [5.74, 6) is 0.265. The van der Waals surface area contributed by atoms with Gasteiger partial charge in [0.15, 0.2) is 0 Å². The molecule has 2 fully saturated rings. The molecule has 198 valence electrons. The quantitative estimate of drug-likeness (QED) is 0.272. The fourth-order valence-electron chi connectivity index (χ4n) is 4.41. The van der Waals surface area contributed by atoms with Crippen molar-refractivity contribution in [2.45, 2.75) is 85.2 Å². The van der Waals surface area contributed by atoms with Crippen molar-refractivity contribution in [3.8, 4) is 12.8 Å². The molecule has 4 heteroatoms. The summed E-state index contributed by atoms with van der Waals surface area (Å²) in [6, 6.07) is 6.87.